The third kappa shape index (κ3) is 3.39. The van der Waals surface area contributed by atoms with Gasteiger partial charge in [0.1, 0.15) is 19.1 Å². The van der Waals surface area contributed by atoms with E-state index < -0.39 is 4.92 Å². The van der Waals surface area contributed by atoms with Crippen LogP contribution in [0.15, 0.2) is 58.3 Å². The fourth-order valence-corrected chi connectivity index (χ4v) is 3.87. The first-order valence-corrected chi connectivity index (χ1v) is 9.26. The van der Waals surface area contributed by atoms with Gasteiger partial charge in [-0.1, -0.05) is 11.3 Å². The third-order valence-corrected chi connectivity index (χ3v) is 5.46. The number of thiazole rings is 1. The van der Waals surface area contributed by atoms with Crippen molar-refractivity contribution in [3.8, 4) is 5.75 Å². The first-order valence-electron chi connectivity index (χ1n) is 8.44. The number of hydrogen-bond acceptors (Lipinski definition) is 7. The highest BCUT2D eigenvalue weighted by atomic mass is 32.1. The molecule has 4 rings (SSSR count). The van der Waals surface area contributed by atoms with Crippen LogP contribution in [-0.2, 0) is 6.67 Å². The molecular formula is C19H16N4O4S. The number of nitrogens with zero attached hydrogens (tertiary/aromatic N) is 4. The number of aromatic nitrogens is 1. The van der Waals surface area contributed by atoms with Crippen molar-refractivity contribution in [3.63, 3.8) is 0 Å². The Morgan fingerprint density at radius 3 is 2.54 bits per heavy atom. The van der Waals surface area contributed by atoms with Gasteiger partial charge in [0.15, 0.2) is 4.80 Å². The predicted molar refractivity (Wildman–Crippen MR) is 106 cm³/mol. The number of methoxy groups -OCH3 is 1. The maximum Gasteiger partial charge on any atom is 0.271 e. The summed E-state index contributed by atoms with van der Waals surface area (Å²) in [6.45, 7) is 0.873. The SMILES string of the molecule is COc1ccc(N2CN=c3s/c(=C/c4ccc([N+](=O)[O-])cc4)c(=O)n3C2)cc1. The molecule has 0 saturated carbocycles. The molecule has 0 fully saturated rings. The zero-order valence-electron chi connectivity index (χ0n) is 14.9. The second-order valence-corrected chi connectivity index (χ2v) is 7.16. The summed E-state index contributed by atoms with van der Waals surface area (Å²) >= 11 is 1.32. The Hall–Kier alpha value is -3.46. The number of anilines is 1. The van der Waals surface area contributed by atoms with Crippen LogP contribution in [0.2, 0.25) is 0 Å². The van der Waals surface area contributed by atoms with Crippen molar-refractivity contribution >= 4 is 28.8 Å². The summed E-state index contributed by atoms with van der Waals surface area (Å²) < 4.78 is 7.36. The van der Waals surface area contributed by atoms with Crippen molar-refractivity contribution in [2.45, 2.75) is 6.67 Å². The molecule has 1 aromatic heterocycles. The Bertz CT molecular complexity index is 1200. The lowest BCUT2D eigenvalue weighted by Crippen LogP contribution is -2.42. The van der Waals surface area contributed by atoms with E-state index >= 15 is 0 Å². The Morgan fingerprint density at radius 1 is 1.18 bits per heavy atom. The van der Waals surface area contributed by atoms with Gasteiger partial charge in [0, 0.05) is 17.8 Å². The zero-order valence-corrected chi connectivity index (χ0v) is 15.8. The number of benzene rings is 2. The minimum Gasteiger partial charge on any atom is -0.497 e. The fourth-order valence-electron chi connectivity index (χ4n) is 2.91. The lowest BCUT2D eigenvalue weighted by atomic mass is 10.2. The predicted octanol–water partition coefficient (Wildman–Crippen LogP) is 1.71. The molecular weight excluding hydrogens is 380 g/mol. The van der Waals surface area contributed by atoms with Gasteiger partial charge in [-0.15, -0.1) is 0 Å². The highest BCUT2D eigenvalue weighted by Gasteiger charge is 2.16. The van der Waals surface area contributed by atoms with E-state index in [4.69, 9.17) is 4.74 Å². The van der Waals surface area contributed by atoms with Crippen LogP contribution >= 0.6 is 11.3 Å². The highest BCUT2D eigenvalue weighted by molar-refractivity contribution is 7.07. The maximum absolute atomic E-state index is 12.8. The minimum absolute atomic E-state index is 0.0180. The Balaban J connectivity index is 1.64. The van der Waals surface area contributed by atoms with Crippen molar-refractivity contribution in [2.24, 2.45) is 4.99 Å². The molecule has 8 nitrogen and oxygen atoms in total. The van der Waals surface area contributed by atoms with Crippen molar-refractivity contribution in [2.75, 3.05) is 18.7 Å². The van der Waals surface area contributed by atoms with E-state index in [2.05, 4.69) is 4.99 Å². The molecule has 0 N–H and O–H groups in total. The van der Waals surface area contributed by atoms with Crippen LogP contribution < -0.4 is 24.5 Å². The summed E-state index contributed by atoms with van der Waals surface area (Å²) in [5, 5.41) is 10.8. The average molecular weight is 396 g/mol. The molecule has 1 aliphatic heterocycles. The van der Waals surface area contributed by atoms with E-state index in [0.717, 1.165) is 17.0 Å². The van der Waals surface area contributed by atoms with Crippen molar-refractivity contribution < 1.29 is 9.66 Å². The largest absolute Gasteiger partial charge is 0.497 e. The van der Waals surface area contributed by atoms with Crippen molar-refractivity contribution in [3.05, 3.63) is 83.9 Å². The van der Waals surface area contributed by atoms with Gasteiger partial charge in [-0.25, -0.2) is 4.99 Å². The van der Waals surface area contributed by atoms with Gasteiger partial charge in [-0.2, -0.15) is 0 Å². The van der Waals surface area contributed by atoms with Crippen LogP contribution in [0, 0.1) is 10.1 Å². The number of fused-ring (bicyclic) bond motifs is 1. The number of rotatable bonds is 4. The molecule has 2 heterocycles. The van der Waals surface area contributed by atoms with Crippen LogP contribution in [0.25, 0.3) is 6.08 Å². The van der Waals surface area contributed by atoms with Crippen molar-refractivity contribution in [1.29, 1.82) is 0 Å². The van der Waals surface area contributed by atoms with Crippen LogP contribution in [0.5, 0.6) is 5.75 Å². The number of ether oxygens (including phenoxy) is 1. The molecule has 2 aromatic carbocycles. The van der Waals surface area contributed by atoms with E-state index in [1.165, 1.54) is 23.5 Å². The summed E-state index contributed by atoms with van der Waals surface area (Å²) in [4.78, 5) is 30.3. The van der Waals surface area contributed by atoms with Crippen LogP contribution in [0.4, 0.5) is 11.4 Å². The van der Waals surface area contributed by atoms with Gasteiger partial charge in [-0.3, -0.25) is 19.5 Å². The van der Waals surface area contributed by atoms with E-state index in [0.29, 0.717) is 22.7 Å². The van der Waals surface area contributed by atoms with Gasteiger partial charge in [0.05, 0.1) is 16.6 Å². The van der Waals surface area contributed by atoms with Crippen LogP contribution in [0.3, 0.4) is 0 Å². The molecule has 0 amide bonds. The molecule has 9 heteroatoms. The molecule has 0 aliphatic carbocycles. The molecule has 0 atom stereocenters. The first kappa shape index (κ1) is 17.9. The first-order chi connectivity index (χ1) is 13.5. The molecule has 142 valence electrons. The Morgan fingerprint density at radius 2 is 1.89 bits per heavy atom. The molecule has 0 spiro atoms. The number of nitro benzene ring substituents is 1. The summed E-state index contributed by atoms with van der Waals surface area (Å²) in [6, 6.07) is 13.7. The van der Waals surface area contributed by atoms with Crippen LogP contribution in [0.1, 0.15) is 5.56 Å². The summed E-state index contributed by atoms with van der Waals surface area (Å²) in [5.74, 6) is 0.770. The molecule has 28 heavy (non-hydrogen) atoms. The topological polar surface area (TPSA) is 90.0 Å². The number of nitro groups is 1. The fraction of sp³-hybridized carbons (Fsp3) is 0.158. The average Bonchev–Trinajstić information content (AvgIpc) is 3.03. The van der Waals surface area contributed by atoms with Gasteiger partial charge >= 0.3 is 0 Å². The van der Waals surface area contributed by atoms with Gasteiger partial charge < -0.3 is 9.64 Å². The van der Waals surface area contributed by atoms with Crippen LogP contribution in [-0.4, -0.2) is 23.3 Å². The lowest BCUT2D eigenvalue weighted by Gasteiger charge is -2.25. The number of hydrogen-bond donors (Lipinski definition) is 0. The second-order valence-electron chi connectivity index (χ2n) is 6.15. The Labute approximate surface area is 163 Å². The maximum atomic E-state index is 12.8. The second kappa shape index (κ2) is 7.28. The minimum atomic E-state index is -0.449. The normalized spacial score (nSPS) is 13.8. The summed E-state index contributed by atoms with van der Waals surface area (Å²) in [7, 11) is 1.62. The van der Waals surface area contributed by atoms with E-state index in [1.54, 1.807) is 29.9 Å². The van der Waals surface area contributed by atoms with Gasteiger partial charge in [-0.05, 0) is 48.0 Å². The monoisotopic (exact) mass is 396 g/mol. The standard InChI is InChI=1S/C19H16N4O4S/c1-27-16-8-6-14(7-9-16)21-11-20-19-22(12-21)18(24)17(28-19)10-13-2-4-15(5-3-13)23(25)26/h2-10H,11-12H2,1H3/b17-10+. The van der Waals surface area contributed by atoms with E-state index in [1.807, 2.05) is 29.2 Å². The lowest BCUT2D eigenvalue weighted by molar-refractivity contribution is -0.384. The molecule has 1 aliphatic rings. The van der Waals surface area contributed by atoms with Gasteiger partial charge in [0.25, 0.3) is 11.2 Å². The van der Waals surface area contributed by atoms with Gasteiger partial charge in [0.2, 0.25) is 0 Å². The summed E-state index contributed by atoms with van der Waals surface area (Å²) in [6.07, 6.45) is 1.73. The van der Waals surface area contributed by atoms with E-state index in [9.17, 15) is 14.9 Å². The molecule has 0 saturated heterocycles. The molecule has 0 radical (unpaired) electrons. The zero-order chi connectivity index (χ0) is 19.7. The number of non-ortho nitro benzene ring substituents is 1. The quantitative estimate of drug-likeness (QED) is 0.495. The Kier molecular flexibility index (Phi) is 4.66. The highest BCUT2D eigenvalue weighted by Crippen LogP contribution is 2.20. The smallest absolute Gasteiger partial charge is 0.271 e. The van der Waals surface area contributed by atoms with Crippen molar-refractivity contribution in [1.82, 2.24) is 4.57 Å². The third-order valence-electron chi connectivity index (χ3n) is 4.42. The molecule has 0 unspecified atom stereocenters. The summed E-state index contributed by atoms with van der Waals surface area (Å²) in [5.41, 5.74) is 1.58. The molecule has 3 aromatic rings. The molecule has 0 bridgehead atoms. The van der Waals surface area contributed by atoms with E-state index in [-0.39, 0.29) is 11.2 Å².